The van der Waals surface area contributed by atoms with Gasteiger partial charge in [-0.05, 0) is 42.3 Å². The summed E-state index contributed by atoms with van der Waals surface area (Å²) in [4.78, 5) is 11.9. The molecule has 0 saturated carbocycles. The molecule has 0 aromatic heterocycles. The number of anilines is 1. The van der Waals surface area contributed by atoms with Gasteiger partial charge in [-0.15, -0.1) is 0 Å². The van der Waals surface area contributed by atoms with Gasteiger partial charge in [-0.3, -0.25) is 0 Å². The number of amides is 2. The van der Waals surface area contributed by atoms with E-state index in [-0.39, 0.29) is 18.3 Å². The standard InChI is InChI=1S/C18H19F3N2O2/c1-12-5-3-4-6-15(12)16(25-2)11-22-17(24)23-14-9-7-13(8-10-14)18(19,20)21/h3-10,16H,11H2,1-2H3,(H2,22,23,24). The number of nitrogens with one attached hydrogen (secondary N) is 2. The first-order valence-electron chi connectivity index (χ1n) is 7.61. The molecule has 0 aliphatic carbocycles. The summed E-state index contributed by atoms with van der Waals surface area (Å²) < 4.78 is 42.9. The van der Waals surface area contributed by atoms with E-state index in [4.69, 9.17) is 4.74 Å². The van der Waals surface area contributed by atoms with Crippen LogP contribution in [0.15, 0.2) is 48.5 Å². The Hall–Kier alpha value is -2.54. The second kappa shape index (κ2) is 8.02. The lowest BCUT2D eigenvalue weighted by Crippen LogP contribution is -2.33. The van der Waals surface area contributed by atoms with Crippen molar-refractivity contribution in [2.24, 2.45) is 0 Å². The fourth-order valence-electron chi connectivity index (χ4n) is 2.37. The van der Waals surface area contributed by atoms with Crippen LogP contribution < -0.4 is 10.6 Å². The van der Waals surface area contributed by atoms with Gasteiger partial charge < -0.3 is 15.4 Å². The first kappa shape index (κ1) is 18.8. The van der Waals surface area contributed by atoms with Crippen molar-refractivity contribution in [1.82, 2.24) is 5.32 Å². The van der Waals surface area contributed by atoms with Gasteiger partial charge in [0.25, 0.3) is 0 Å². The van der Waals surface area contributed by atoms with E-state index in [1.165, 1.54) is 12.1 Å². The average Bonchev–Trinajstić information content (AvgIpc) is 2.56. The van der Waals surface area contributed by atoms with E-state index >= 15 is 0 Å². The summed E-state index contributed by atoms with van der Waals surface area (Å²) in [6.07, 6.45) is -4.72. The molecule has 0 saturated heterocycles. The first-order valence-corrected chi connectivity index (χ1v) is 7.61. The quantitative estimate of drug-likeness (QED) is 0.831. The Morgan fingerprint density at radius 1 is 1.12 bits per heavy atom. The minimum absolute atomic E-state index is 0.230. The SMILES string of the molecule is COC(CNC(=O)Nc1ccc(C(F)(F)F)cc1)c1ccccc1C. The van der Waals surface area contributed by atoms with E-state index in [9.17, 15) is 18.0 Å². The number of carbonyl (C=O) groups excluding carboxylic acids is 1. The summed E-state index contributed by atoms with van der Waals surface area (Å²) in [6, 6.07) is 11.4. The average molecular weight is 352 g/mol. The number of ether oxygens (including phenoxy) is 1. The second-order valence-corrected chi connectivity index (χ2v) is 5.49. The lowest BCUT2D eigenvalue weighted by molar-refractivity contribution is -0.137. The maximum absolute atomic E-state index is 12.5. The van der Waals surface area contributed by atoms with Crippen LogP contribution in [0.4, 0.5) is 23.7 Å². The number of halogens is 3. The van der Waals surface area contributed by atoms with E-state index < -0.39 is 17.8 Å². The number of urea groups is 1. The van der Waals surface area contributed by atoms with Crippen LogP contribution in [0.25, 0.3) is 0 Å². The van der Waals surface area contributed by atoms with Gasteiger partial charge in [0, 0.05) is 19.3 Å². The van der Waals surface area contributed by atoms with Crippen LogP contribution in [-0.2, 0) is 10.9 Å². The molecular formula is C18H19F3N2O2. The van der Waals surface area contributed by atoms with Crippen molar-refractivity contribution in [2.45, 2.75) is 19.2 Å². The minimum Gasteiger partial charge on any atom is -0.375 e. The third-order valence-corrected chi connectivity index (χ3v) is 3.74. The topological polar surface area (TPSA) is 50.4 Å². The van der Waals surface area contributed by atoms with Crippen molar-refractivity contribution in [3.63, 3.8) is 0 Å². The Morgan fingerprint density at radius 3 is 2.32 bits per heavy atom. The Kier molecular flexibility index (Phi) is 6.03. The van der Waals surface area contributed by atoms with E-state index in [1.807, 2.05) is 31.2 Å². The van der Waals surface area contributed by atoms with Crippen molar-refractivity contribution in [1.29, 1.82) is 0 Å². The van der Waals surface area contributed by atoms with Crippen molar-refractivity contribution < 1.29 is 22.7 Å². The zero-order valence-corrected chi connectivity index (χ0v) is 13.9. The molecule has 1 atom stereocenters. The van der Waals surface area contributed by atoms with E-state index in [0.29, 0.717) is 0 Å². The van der Waals surface area contributed by atoms with Gasteiger partial charge in [-0.1, -0.05) is 24.3 Å². The smallest absolute Gasteiger partial charge is 0.375 e. The molecule has 134 valence electrons. The highest BCUT2D eigenvalue weighted by molar-refractivity contribution is 5.89. The highest BCUT2D eigenvalue weighted by Gasteiger charge is 2.30. The lowest BCUT2D eigenvalue weighted by Gasteiger charge is -2.18. The normalized spacial score (nSPS) is 12.5. The number of carbonyl (C=O) groups is 1. The third kappa shape index (κ3) is 5.22. The van der Waals surface area contributed by atoms with Crippen LogP contribution in [-0.4, -0.2) is 19.7 Å². The van der Waals surface area contributed by atoms with Gasteiger partial charge in [-0.25, -0.2) is 4.79 Å². The third-order valence-electron chi connectivity index (χ3n) is 3.74. The molecule has 7 heteroatoms. The molecule has 0 aliphatic rings. The minimum atomic E-state index is -4.40. The van der Waals surface area contributed by atoms with Gasteiger partial charge in [0.2, 0.25) is 0 Å². The fraction of sp³-hybridized carbons (Fsp3) is 0.278. The highest BCUT2D eigenvalue weighted by Crippen LogP contribution is 2.29. The molecule has 0 fully saturated rings. The summed E-state index contributed by atoms with van der Waals surface area (Å²) in [5, 5.41) is 5.15. The van der Waals surface area contributed by atoms with Crippen LogP contribution in [0, 0.1) is 6.92 Å². The molecule has 1 unspecified atom stereocenters. The first-order chi connectivity index (χ1) is 11.8. The molecule has 2 rings (SSSR count). The van der Waals surface area contributed by atoms with Crippen molar-refractivity contribution in [3.05, 3.63) is 65.2 Å². The molecule has 0 spiro atoms. The van der Waals surface area contributed by atoms with Crippen molar-refractivity contribution in [2.75, 3.05) is 19.0 Å². The molecule has 0 heterocycles. The van der Waals surface area contributed by atoms with Crippen molar-refractivity contribution in [3.8, 4) is 0 Å². The summed E-state index contributed by atoms with van der Waals surface area (Å²) in [5.41, 5.74) is 1.51. The molecule has 25 heavy (non-hydrogen) atoms. The van der Waals surface area contributed by atoms with E-state index in [2.05, 4.69) is 10.6 Å². The van der Waals surface area contributed by atoms with Gasteiger partial charge in [0.15, 0.2) is 0 Å². The Bertz CT molecular complexity index is 715. The van der Waals surface area contributed by atoms with Crippen LogP contribution in [0.3, 0.4) is 0 Å². The van der Waals surface area contributed by atoms with Gasteiger partial charge in [-0.2, -0.15) is 13.2 Å². The van der Waals surface area contributed by atoms with Crippen LogP contribution in [0.2, 0.25) is 0 Å². The Morgan fingerprint density at radius 2 is 1.76 bits per heavy atom. The zero-order chi connectivity index (χ0) is 18.4. The predicted molar refractivity (Wildman–Crippen MR) is 89.4 cm³/mol. The predicted octanol–water partition coefficient (Wildman–Crippen LogP) is 4.52. The lowest BCUT2D eigenvalue weighted by atomic mass is 10.0. The van der Waals surface area contributed by atoms with Gasteiger partial charge >= 0.3 is 12.2 Å². The molecule has 0 radical (unpaired) electrons. The van der Waals surface area contributed by atoms with Crippen LogP contribution in [0.1, 0.15) is 22.8 Å². The number of rotatable bonds is 5. The number of hydrogen-bond donors (Lipinski definition) is 2. The molecule has 2 aromatic rings. The molecule has 2 N–H and O–H groups in total. The summed E-state index contributed by atoms with van der Waals surface area (Å²) in [5.74, 6) is 0. The van der Waals surface area contributed by atoms with Crippen molar-refractivity contribution >= 4 is 11.7 Å². The largest absolute Gasteiger partial charge is 0.416 e. The molecule has 0 aliphatic heterocycles. The summed E-state index contributed by atoms with van der Waals surface area (Å²) in [6.45, 7) is 2.18. The maximum Gasteiger partial charge on any atom is 0.416 e. The van der Waals surface area contributed by atoms with Crippen LogP contribution in [0.5, 0.6) is 0 Å². The van der Waals surface area contributed by atoms with Gasteiger partial charge in [0.05, 0.1) is 11.7 Å². The zero-order valence-electron chi connectivity index (χ0n) is 13.9. The second-order valence-electron chi connectivity index (χ2n) is 5.49. The number of hydrogen-bond acceptors (Lipinski definition) is 2. The van der Waals surface area contributed by atoms with Crippen LogP contribution >= 0.6 is 0 Å². The molecule has 2 aromatic carbocycles. The number of alkyl halides is 3. The summed E-state index contributed by atoms with van der Waals surface area (Å²) in [7, 11) is 1.55. The molecule has 4 nitrogen and oxygen atoms in total. The monoisotopic (exact) mass is 352 g/mol. The highest BCUT2D eigenvalue weighted by atomic mass is 19.4. The summed E-state index contributed by atoms with van der Waals surface area (Å²) >= 11 is 0. The van der Waals surface area contributed by atoms with E-state index in [1.54, 1.807) is 7.11 Å². The maximum atomic E-state index is 12.5. The number of methoxy groups -OCH3 is 1. The molecular weight excluding hydrogens is 333 g/mol. The fourth-order valence-corrected chi connectivity index (χ4v) is 2.37. The van der Waals surface area contributed by atoms with Gasteiger partial charge in [0.1, 0.15) is 0 Å². The Balaban J connectivity index is 1.92. The van der Waals surface area contributed by atoms with E-state index in [0.717, 1.165) is 23.3 Å². The number of benzene rings is 2. The number of aryl methyl sites for hydroxylation is 1. The molecule has 2 amide bonds. The Labute approximate surface area is 144 Å². The molecule has 0 bridgehead atoms.